The van der Waals surface area contributed by atoms with E-state index in [0.717, 1.165) is 57.5 Å². The van der Waals surface area contributed by atoms with E-state index in [1.165, 1.54) is 25.7 Å². The Balaban J connectivity index is 0.00000243. The zero-order valence-electron chi connectivity index (χ0n) is 15.7. The Morgan fingerprint density at radius 3 is 2.65 bits per heavy atom. The lowest BCUT2D eigenvalue weighted by Crippen LogP contribution is -2.51. The number of piperazine rings is 1. The van der Waals surface area contributed by atoms with Crippen LogP contribution in [0.5, 0.6) is 0 Å². The van der Waals surface area contributed by atoms with E-state index in [1.54, 1.807) is 11.3 Å². The van der Waals surface area contributed by atoms with E-state index in [4.69, 9.17) is 15.5 Å². The SMILES string of the molecule is CCOCCC1(CN=C(N)N2CCN(c3nccs3)CC2)CCCC1.I. The number of nitrogens with two attached hydrogens (primary N) is 1. The van der Waals surface area contributed by atoms with Crippen LogP contribution in [0.4, 0.5) is 5.13 Å². The molecule has 2 aliphatic rings. The molecule has 148 valence electrons. The highest BCUT2D eigenvalue weighted by Gasteiger charge is 2.33. The Hall–Kier alpha value is -0.610. The van der Waals surface area contributed by atoms with E-state index in [2.05, 4.69) is 21.7 Å². The average Bonchev–Trinajstić information content (AvgIpc) is 3.33. The van der Waals surface area contributed by atoms with Gasteiger partial charge in [0.2, 0.25) is 0 Å². The summed E-state index contributed by atoms with van der Waals surface area (Å²) >= 11 is 1.70. The molecule has 2 heterocycles. The first-order chi connectivity index (χ1) is 12.2. The molecule has 1 saturated carbocycles. The molecule has 0 radical (unpaired) electrons. The number of thiazole rings is 1. The first-order valence-electron chi connectivity index (χ1n) is 9.49. The molecule has 1 saturated heterocycles. The molecule has 2 fully saturated rings. The minimum absolute atomic E-state index is 0. The van der Waals surface area contributed by atoms with Crippen LogP contribution in [0.25, 0.3) is 0 Å². The van der Waals surface area contributed by atoms with Gasteiger partial charge in [0, 0.05) is 57.5 Å². The van der Waals surface area contributed by atoms with Gasteiger partial charge in [-0.05, 0) is 31.6 Å². The van der Waals surface area contributed by atoms with Crippen LogP contribution in [-0.4, -0.2) is 61.8 Å². The maximum Gasteiger partial charge on any atom is 0.191 e. The second-order valence-corrected chi connectivity index (χ2v) is 7.99. The topological polar surface area (TPSA) is 67.0 Å². The van der Waals surface area contributed by atoms with Crippen molar-refractivity contribution in [2.45, 2.75) is 39.0 Å². The first-order valence-corrected chi connectivity index (χ1v) is 10.4. The van der Waals surface area contributed by atoms with Gasteiger partial charge in [-0.25, -0.2) is 4.98 Å². The Kier molecular flexibility index (Phi) is 8.89. The molecule has 0 unspecified atom stereocenters. The maximum absolute atomic E-state index is 6.32. The fraction of sp³-hybridized carbons (Fsp3) is 0.778. The predicted molar refractivity (Wildman–Crippen MR) is 120 cm³/mol. The van der Waals surface area contributed by atoms with Crippen LogP contribution in [0.3, 0.4) is 0 Å². The van der Waals surface area contributed by atoms with Crippen molar-refractivity contribution in [3.63, 3.8) is 0 Å². The molecule has 1 aromatic rings. The quantitative estimate of drug-likeness (QED) is 0.274. The molecule has 8 heteroatoms. The van der Waals surface area contributed by atoms with Gasteiger partial charge in [0.1, 0.15) is 0 Å². The van der Waals surface area contributed by atoms with Crippen molar-refractivity contribution in [1.82, 2.24) is 9.88 Å². The lowest BCUT2D eigenvalue weighted by molar-refractivity contribution is 0.107. The third-order valence-electron chi connectivity index (χ3n) is 5.52. The van der Waals surface area contributed by atoms with Crippen LogP contribution in [0.1, 0.15) is 39.0 Å². The number of halogens is 1. The van der Waals surface area contributed by atoms with Crippen LogP contribution in [0, 0.1) is 5.41 Å². The van der Waals surface area contributed by atoms with Gasteiger partial charge in [-0.15, -0.1) is 35.3 Å². The molecule has 2 N–H and O–H groups in total. The number of rotatable bonds is 7. The summed E-state index contributed by atoms with van der Waals surface area (Å²) in [6.07, 6.45) is 8.12. The number of hydrogen-bond acceptors (Lipinski definition) is 5. The van der Waals surface area contributed by atoms with Gasteiger partial charge >= 0.3 is 0 Å². The lowest BCUT2D eigenvalue weighted by atomic mass is 9.83. The number of ether oxygens (including phenoxy) is 1. The van der Waals surface area contributed by atoms with Crippen molar-refractivity contribution in [2.24, 2.45) is 16.1 Å². The third-order valence-corrected chi connectivity index (χ3v) is 6.35. The zero-order valence-corrected chi connectivity index (χ0v) is 18.9. The predicted octanol–water partition coefficient (Wildman–Crippen LogP) is 3.18. The number of aliphatic imine (C=N–C) groups is 1. The molecule has 0 spiro atoms. The molecule has 3 rings (SSSR count). The molecular formula is C18H32IN5OS. The summed E-state index contributed by atoms with van der Waals surface area (Å²) in [6.45, 7) is 8.30. The monoisotopic (exact) mass is 493 g/mol. The van der Waals surface area contributed by atoms with Gasteiger partial charge in [0.15, 0.2) is 11.1 Å². The summed E-state index contributed by atoms with van der Waals surface area (Å²) in [6, 6.07) is 0. The second-order valence-electron chi connectivity index (χ2n) is 7.12. The molecule has 0 aromatic carbocycles. The Morgan fingerprint density at radius 2 is 2.04 bits per heavy atom. The minimum Gasteiger partial charge on any atom is -0.382 e. The van der Waals surface area contributed by atoms with Gasteiger partial charge < -0.3 is 20.3 Å². The molecule has 0 amide bonds. The van der Waals surface area contributed by atoms with Gasteiger partial charge in [-0.2, -0.15) is 0 Å². The van der Waals surface area contributed by atoms with Crippen LogP contribution in [0.2, 0.25) is 0 Å². The number of anilines is 1. The van der Waals surface area contributed by atoms with E-state index >= 15 is 0 Å². The van der Waals surface area contributed by atoms with Crippen molar-refractivity contribution >= 4 is 46.4 Å². The van der Waals surface area contributed by atoms with Crippen LogP contribution in [-0.2, 0) is 4.74 Å². The van der Waals surface area contributed by atoms with Crippen molar-refractivity contribution in [1.29, 1.82) is 0 Å². The van der Waals surface area contributed by atoms with Crippen molar-refractivity contribution in [3.05, 3.63) is 11.6 Å². The Morgan fingerprint density at radius 1 is 1.31 bits per heavy atom. The van der Waals surface area contributed by atoms with Gasteiger partial charge in [0.05, 0.1) is 0 Å². The van der Waals surface area contributed by atoms with E-state index in [-0.39, 0.29) is 24.0 Å². The summed E-state index contributed by atoms with van der Waals surface area (Å²) in [7, 11) is 0. The van der Waals surface area contributed by atoms with Gasteiger partial charge in [-0.3, -0.25) is 4.99 Å². The van der Waals surface area contributed by atoms with E-state index in [9.17, 15) is 0 Å². The Labute approximate surface area is 178 Å². The molecule has 1 aliphatic heterocycles. The number of nitrogens with zero attached hydrogens (tertiary/aromatic N) is 4. The molecule has 26 heavy (non-hydrogen) atoms. The molecule has 6 nitrogen and oxygen atoms in total. The lowest BCUT2D eigenvalue weighted by Gasteiger charge is -2.35. The van der Waals surface area contributed by atoms with E-state index in [1.807, 2.05) is 11.6 Å². The minimum atomic E-state index is 0. The summed E-state index contributed by atoms with van der Waals surface area (Å²) in [5.74, 6) is 0.710. The molecule has 0 bridgehead atoms. The Bertz CT molecular complexity index is 540. The second kappa shape index (κ2) is 10.7. The standard InChI is InChI=1S/C18H31N5OS.HI/c1-2-24-13-7-18(5-3-4-6-18)15-21-16(19)22-9-11-23(12-10-22)17-20-8-14-25-17;/h8,14H,2-7,9-13,15H2,1H3,(H2,19,21);1H. The highest BCUT2D eigenvalue weighted by atomic mass is 127. The fourth-order valence-corrected chi connectivity index (χ4v) is 4.59. The number of guanidine groups is 1. The third kappa shape index (κ3) is 5.69. The van der Waals surface area contributed by atoms with Crippen LogP contribution >= 0.6 is 35.3 Å². The zero-order chi connectivity index (χ0) is 17.5. The molecular weight excluding hydrogens is 461 g/mol. The summed E-state index contributed by atoms with van der Waals surface area (Å²) in [5, 5.41) is 3.14. The number of hydrogen-bond donors (Lipinski definition) is 1. The fourth-order valence-electron chi connectivity index (χ4n) is 3.89. The van der Waals surface area contributed by atoms with Gasteiger partial charge in [0.25, 0.3) is 0 Å². The summed E-state index contributed by atoms with van der Waals surface area (Å²) in [5.41, 5.74) is 6.63. The molecule has 1 aromatic heterocycles. The molecule has 1 aliphatic carbocycles. The van der Waals surface area contributed by atoms with Gasteiger partial charge in [-0.1, -0.05) is 12.8 Å². The highest BCUT2D eigenvalue weighted by molar-refractivity contribution is 14.0. The van der Waals surface area contributed by atoms with E-state index in [0.29, 0.717) is 11.4 Å². The summed E-state index contributed by atoms with van der Waals surface area (Å²) in [4.78, 5) is 13.7. The maximum atomic E-state index is 6.32. The van der Waals surface area contributed by atoms with Crippen molar-refractivity contribution < 1.29 is 4.74 Å². The highest BCUT2D eigenvalue weighted by Crippen LogP contribution is 2.41. The normalized spacial score (nSPS) is 20.3. The van der Waals surface area contributed by atoms with E-state index < -0.39 is 0 Å². The molecule has 0 atom stereocenters. The van der Waals surface area contributed by atoms with Crippen LogP contribution < -0.4 is 10.6 Å². The number of aromatic nitrogens is 1. The first kappa shape index (κ1) is 21.7. The summed E-state index contributed by atoms with van der Waals surface area (Å²) < 4.78 is 5.59. The van der Waals surface area contributed by atoms with Crippen molar-refractivity contribution in [3.8, 4) is 0 Å². The largest absolute Gasteiger partial charge is 0.382 e. The average molecular weight is 493 g/mol. The van der Waals surface area contributed by atoms with Crippen molar-refractivity contribution in [2.75, 3.05) is 50.8 Å². The smallest absolute Gasteiger partial charge is 0.191 e. The van der Waals surface area contributed by atoms with Crippen LogP contribution in [0.15, 0.2) is 16.6 Å².